The fourth-order valence-electron chi connectivity index (χ4n) is 2.09. The van der Waals surface area contributed by atoms with Crippen molar-refractivity contribution in [2.45, 2.75) is 26.3 Å². The summed E-state index contributed by atoms with van der Waals surface area (Å²) in [6.07, 6.45) is 0. The Morgan fingerprint density at radius 1 is 1.24 bits per heavy atom. The highest BCUT2D eigenvalue weighted by atomic mass is 16.4. The molecule has 0 unspecified atom stereocenters. The Hall–Kier alpha value is -1.14. The molecule has 0 aromatic rings. The number of amides is 1. The Kier molecular flexibility index (Phi) is 3.50. The van der Waals surface area contributed by atoms with Crippen molar-refractivity contribution >= 4 is 11.9 Å². The molecule has 17 heavy (non-hydrogen) atoms. The topological polar surface area (TPSA) is 107 Å². The summed E-state index contributed by atoms with van der Waals surface area (Å²) in [4.78, 5) is 22.8. The van der Waals surface area contributed by atoms with Gasteiger partial charge in [-0.05, 0) is 12.3 Å². The Bertz CT molecular complexity index is 335. The summed E-state index contributed by atoms with van der Waals surface area (Å²) in [6.45, 7) is 4.12. The van der Waals surface area contributed by atoms with Gasteiger partial charge in [-0.15, -0.1) is 0 Å². The van der Waals surface area contributed by atoms with Gasteiger partial charge in [0.05, 0.1) is 30.6 Å². The van der Waals surface area contributed by atoms with Crippen LogP contribution in [-0.4, -0.2) is 45.9 Å². The number of aliphatic hydroxyl groups excluding tert-OH is 2. The van der Waals surface area contributed by atoms with Gasteiger partial charge in [0, 0.05) is 0 Å². The van der Waals surface area contributed by atoms with Crippen LogP contribution in [0.4, 0.5) is 0 Å². The zero-order valence-corrected chi connectivity index (χ0v) is 10.2. The normalized spacial score (nSPS) is 26.4. The molecule has 1 amide bonds. The molecule has 0 bridgehead atoms. The lowest BCUT2D eigenvalue weighted by atomic mass is 10.0. The maximum atomic E-state index is 11.9. The van der Waals surface area contributed by atoms with E-state index in [1.54, 1.807) is 13.8 Å². The molecule has 1 rings (SSSR count). The molecule has 98 valence electrons. The van der Waals surface area contributed by atoms with Gasteiger partial charge < -0.3 is 20.6 Å². The summed E-state index contributed by atoms with van der Waals surface area (Å²) in [6, 6.07) is 0. The Labute approximate surface area is 99.6 Å². The molecule has 1 fully saturated rings. The predicted molar refractivity (Wildman–Crippen MR) is 59.1 cm³/mol. The maximum Gasteiger partial charge on any atom is 0.307 e. The standard InChI is InChI=1S/C11H19NO5/c1-10(2)6(7(10)9(16)17)8(15)12-11(3,4-13)5-14/h6-7,13-14H,4-5H2,1-3H3,(H,12,15)(H,16,17)/t6-,7+/m1/s1. The number of aliphatic carboxylic acids is 1. The van der Waals surface area contributed by atoms with Crippen molar-refractivity contribution in [3.63, 3.8) is 0 Å². The molecule has 0 saturated heterocycles. The van der Waals surface area contributed by atoms with E-state index in [1.807, 2.05) is 0 Å². The lowest BCUT2D eigenvalue weighted by Crippen LogP contribution is -2.52. The zero-order valence-electron chi connectivity index (χ0n) is 10.2. The van der Waals surface area contributed by atoms with Gasteiger partial charge in [-0.2, -0.15) is 0 Å². The number of nitrogens with one attached hydrogen (secondary N) is 1. The second-order valence-electron chi connectivity index (χ2n) is 5.48. The third-order valence-electron chi connectivity index (χ3n) is 3.50. The van der Waals surface area contributed by atoms with E-state index in [1.165, 1.54) is 6.92 Å². The fourth-order valence-corrected chi connectivity index (χ4v) is 2.09. The van der Waals surface area contributed by atoms with Crippen molar-refractivity contribution < 1.29 is 24.9 Å². The van der Waals surface area contributed by atoms with E-state index in [9.17, 15) is 9.59 Å². The Morgan fingerprint density at radius 2 is 1.71 bits per heavy atom. The van der Waals surface area contributed by atoms with Gasteiger partial charge in [0.1, 0.15) is 0 Å². The molecule has 4 N–H and O–H groups in total. The number of carboxylic acids is 1. The minimum Gasteiger partial charge on any atom is -0.481 e. The van der Waals surface area contributed by atoms with Crippen molar-refractivity contribution in [2.24, 2.45) is 17.3 Å². The number of aliphatic hydroxyl groups is 2. The highest BCUT2D eigenvalue weighted by molar-refractivity contribution is 5.92. The minimum absolute atomic E-state index is 0.403. The summed E-state index contributed by atoms with van der Waals surface area (Å²) < 4.78 is 0. The van der Waals surface area contributed by atoms with E-state index in [0.717, 1.165) is 0 Å². The van der Waals surface area contributed by atoms with Gasteiger partial charge in [-0.3, -0.25) is 9.59 Å². The molecule has 6 heteroatoms. The van der Waals surface area contributed by atoms with E-state index in [0.29, 0.717) is 0 Å². The lowest BCUT2D eigenvalue weighted by Gasteiger charge is -2.26. The van der Waals surface area contributed by atoms with E-state index >= 15 is 0 Å². The third kappa shape index (κ3) is 2.42. The molecule has 0 spiro atoms. The Morgan fingerprint density at radius 3 is 2.00 bits per heavy atom. The molecule has 1 aliphatic rings. The van der Waals surface area contributed by atoms with Gasteiger partial charge in [0.15, 0.2) is 0 Å². The molecule has 0 heterocycles. The monoisotopic (exact) mass is 245 g/mol. The number of carbonyl (C=O) groups excluding carboxylic acids is 1. The molecular weight excluding hydrogens is 226 g/mol. The average Bonchev–Trinajstić information content (AvgIpc) is 2.81. The quantitative estimate of drug-likeness (QED) is 0.507. The Balaban J connectivity index is 2.71. The summed E-state index contributed by atoms with van der Waals surface area (Å²) in [5, 5.41) is 29.5. The van der Waals surface area contributed by atoms with Crippen molar-refractivity contribution in [1.29, 1.82) is 0 Å². The number of rotatable bonds is 5. The van der Waals surface area contributed by atoms with Crippen molar-refractivity contribution in [3.05, 3.63) is 0 Å². The highest BCUT2D eigenvalue weighted by Crippen LogP contribution is 2.58. The molecule has 6 nitrogen and oxygen atoms in total. The van der Waals surface area contributed by atoms with E-state index in [-0.39, 0.29) is 0 Å². The zero-order chi connectivity index (χ0) is 13.4. The van der Waals surface area contributed by atoms with Crippen molar-refractivity contribution in [1.82, 2.24) is 5.32 Å². The first-order valence-corrected chi connectivity index (χ1v) is 5.46. The number of carboxylic acid groups (broad SMARTS) is 1. The van der Waals surface area contributed by atoms with Crippen LogP contribution in [0.2, 0.25) is 0 Å². The molecule has 1 aliphatic carbocycles. The maximum absolute atomic E-state index is 11.9. The minimum atomic E-state index is -1.11. The van der Waals surface area contributed by atoms with Crippen LogP contribution in [0.3, 0.4) is 0 Å². The van der Waals surface area contributed by atoms with Crippen LogP contribution in [0, 0.1) is 17.3 Å². The molecule has 0 aromatic carbocycles. The molecule has 0 aliphatic heterocycles. The van der Waals surface area contributed by atoms with Crippen molar-refractivity contribution in [2.75, 3.05) is 13.2 Å². The van der Waals surface area contributed by atoms with E-state index in [4.69, 9.17) is 15.3 Å². The van der Waals surface area contributed by atoms with Crippen LogP contribution in [0.25, 0.3) is 0 Å². The number of hydrogen-bond donors (Lipinski definition) is 4. The molecule has 1 saturated carbocycles. The lowest BCUT2D eigenvalue weighted by molar-refractivity contribution is -0.140. The van der Waals surface area contributed by atoms with Crippen LogP contribution >= 0.6 is 0 Å². The smallest absolute Gasteiger partial charge is 0.307 e. The van der Waals surface area contributed by atoms with E-state index < -0.39 is 47.9 Å². The summed E-state index contributed by atoms with van der Waals surface area (Å²) in [5.74, 6) is -2.75. The van der Waals surface area contributed by atoms with Gasteiger partial charge in [-0.1, -0.05) is 13.8 Å². The van der Waals surface area contributed by atoms with Crippen LogP contribution in [0.15, 0.2) is 0 Å². The fraction of sp³-hybridized carbons (Fsp3) is 0.818. The largest absolute Gasteiger partial charge is 0.481 e. The third-order valence-corrected chi connectivity index (χ3v) is 3.50. The van der Waals surface area contributed by atoms with Gasteiger partial charge in [0.2, 0.25) is 5.91 Å². The van der Waals surface area contributed by atoms with Crippen LogP contribution in [0.5, 0.6) is 0 Å². The van der Waals surface area contributed by atoms with Crippen LogP contribution in [-0.2, 0) is 9.59 Å². The van der Waals surface area contributed by atoms with Gasteiger partial charge in [0.25, 0.3) is 0 Å². The highest BCUT2D eigenvalue weighted by Gasteiger charge is 2.66. The molecule has 2 atom stereocenters. The summed E-state index contributed by atoms with van der Waals surface area (Å²) >= 11 is 0. The van der Waals surface area contributed by atoms with Gasteiger partial charge in [-0.25, -0.2) is 0 Å². The van der Waals surface area contributed by atoms with Crippen LogP contribution < -0.4 is 5.32 Å². The summed E-state index contributed by atoms with van der Waals surface area (Å²) in [7, 11) is 0. The number of carbonyl (C=O) groups is 2. The van der Waals surface area contributed by atoms with Gasteiger partial charge >= 0.3 is 5.97 Å². The second kappa shape index (κ2) is 4.27. The number of hydrogen-bond acceptors (Lipinski definition) is 4. The first-order valence-electron chi connectivity index (χ1n) is 5.46. The predicted octanol–water partition coefficient (Wildman–Crippen LogP) is -0.797. The summed E-state index contributed by atoms with van der Waals surface area (Å²) in [5.41, 5.74) is -1.69. The van der Waals surface area contributed by atoms with Crippen LogP contribution in [0.1, 0.15) is 20.8 Å². The first kappa shape index (κ1) is 13.9. The second-order valence-corrected chi connectivity index (χ2v) is 5.48. The molecule has 0 aromatic heterocycles. The molecular formula is C11H19NO5. The first-order chi connectivity index (χ1) is 7.69. The molecule has 0 radical (unpaired) electrons. The van der Waals surface area contributed by atoms with Crippen molar-refractivity contribution in [3.8, 4) is 0 Å². The average molecular weight is 245 g/mol. The SMILES string of the molecule is CC(CO)(CO)NC(=O)[C@H]1[C@@H](C(=O)O)C1(C)C. The van der Waals surface area contributed by atoms with E-state index in [2.05, 4.69) is 5.32 Å².